The van der Waals surface area contributed by atoms with Crippen LogP contribution in [0, 0.1) is 5.82 Å². The summed E-state index contributed by atoms with van der Waals surface area (Å²) in [5.74, 6) is 0.701. The van der Waals surface area contributed by atoms with Gasteiger partial charge in [0.2, 0.25) is 0 Å². The molecule has 0 amide bonds. The molecule has 2 nitrogen and oxygen atoms in total. The molecule has 1 rings (SSSR count). The Balaban J connectivity index is 2.71. The SMILES string of the molecule is CSCCCNc1cccc(F)c1C(N)=S. The smallest absolute Gasteiger partial charge is 0.135 e. The summed E-state index contributed by atoms with van der Waals surface area (Å²) in [5, 5.41) is 3.15. The van der Waals surface area contributed by atoms with E-state index in [9.17, 15) is 4.39 Å². The Labute approximate surface area is 105 Å². The largest absolute Gasteiger partial charge is 0.389 e. The van der Waals surface area contributed by atoms with Crippen molar-refractivity contribution >= 4 is 34.7 Å². The third kappa shape index (κ3) is 3.64. The molecule has 0 radical (unpaired) electrons. The molecule has 1 aromatic carbocycles. The number of thiocarbonyl (C=S) groups is 1. The van der Waals surface area contributed by atoms with E-state index in [0.717, 1.165) is 18.7 Å². The van der Waals surface area contributed by atoms with Gasteiger partial charge in [-0.25, -0.2) is 4.39 Å². The quantitative estimate of drug-likeness (QED) is 0.607. The minimum atomic E-state index is -0.373. The van der Waals surface area contributed by atoms with Gasteiger partial charge in [-0.1, -0.05) is 18.3 Å². The number of benzene rings is 1. The van der Waals surface area contributed by atoms with Crippen LogP contribution in [-0.2, 0) is 0 Å². The number of anilines is 1. The van der Waals surface area contributed by atoms with Crippen molar-refractivity contribution in [2.75, 3.05) is 23.9 Å². The monoisotopic (exact) mass is 258 g/mol. The maximum absolute atomic E-state index is 13.5. The van der Waals surface area contributed by atoms with Gasteiger partial charge in [0, 0.05) is 12.2 Å². The molecule has 5 heteroatoms. The molecule has 88 valence electrons. The highest BCUT2D eigenvalue weighted by Gasteiger charge is 2.10. The van der Waals surface area contributed by atoms with Crippen LogP contribution in [0.2, 0.25) is 0 Å². The molecule has 0 aromatic heterocycles. The minimum absolute atomic E-state index is 0.0884. The average molecular weight is 258 g/mol. The van der Waals surface area contributed by atoms with E-state index in [1.54, 1.807) is 23.9 Å². The Morgan fingerprint density at radius 2 is 2.31 bits per heavy atom. The van der Waals surface area contributed by atoms with Crippen molar-refractivity contribution in [3.63, 3.8) is 0 Å². The van der Waals surface area contributed by atoms with Crippen molar-refractivity contribution in [3.05, 3.63) is 29.6 Å². The van der Waals surface area contributed by atoms with Crippen LogP contribution in [0.15, 0.2) is 18.2 Å². The standard InChI is InChI=1S/C11H15FN2S2/c1-16-7-3-6-14-9-5-2-4-8(12)10(9)11(13)15/h2,4-5,14H,3,6-7H2,1H3,(H2,13,15). The molecule has 3 N–H and O–H groups in total. The molecule has 0 aliphatic heterocycles. The van der Waals surface area contributed by atoms with E-state index < -0.39 is 0 Å². The van der Waals surface area contributed by atoms with Gasteiger partial charge in [0.1, 0.15) is 10.8 Å². The van der Waals surface area contributed by atoms with E-state index in [1.165, 1.54) is 6.07 Å². The van der Waals surface area contributed by atoms with Gasteiger partial charge in [-0.05, 0) is 30.6 Å². The molecule has 0 fully saturated rings. The highest BCUT2D eigenvalue weighted by atomic mass is 32.2. The van der Waals surface area contributed by atoms with E-state index in [0.29, 0.717) is 11.3 Å². The van der Waals surface area contributed by atoms with Gasteiger partial charge in [-0.3, -0.25) is 0 Å². The summed E-state index contributed by atoms with van der Waals surface area (Å²) in [6.45, 7) is 0.792. The first-order valence-electron chi connectivity index (χ1n) is 4.98. The van der Waals surface area contributed by atoms with Gasteiger partial charge in [0.25, 0.3) is 0 Å². The second kappa shape index (κ2) is 6.70. The molecule has 1 aromatic rings. The molecule has 0 bridgehead atoms. The van der Waals surface area contributed by atoms with Crippen molar-refractivity contribution in [1.82, 2.24) is 0 Å². The van der Waals surface area contributed by atoms with Gasteiger partial charge >= 0.3 is 0 Å². The average Bonchev–Trinajstić information content (AvgIpc) is 2.24. The molecule has 0 spiro atoms. The van der Waals surface area contributed by atoms with Crippen LogP contribution in [0.3, 0.4) is 0 Å². The number of hydrogen-bond acceptors (Lipinski definition) is 3. The van der Waals surface area contributed by atoms with Crippen LogP contribution in [0.1, 0.15) is 12.0 Å². The maximum Gasteiger partial charge on any atom is 0.135 e. The van der Waals surface area contributed by atoms with Gasteiger partial charge in [0.15, 0.2) is 0 Å². The Kier molecular flexibility index (Phi) is 5.55. The summed E-state index contributed by atoms with van der Waals surface area (Å²) in [6, 6.07) is 4.80. The fourth-order valence-electron chi connectivity index (χ4n) is 1.36. The van der Waals surface area contributed by atoms with Gasteiger partial charge in [-0.15, -0.1) is 0 Å². The molecule has 0 aliphatic carbocycles. The molecule has 0 unspecified atom stereocenters. The molecule has 0 aliphatic rings. The maximum atomic E-state index is 13.5. The van der Waals surface area contributed by atoms with E-state index in [1.807, 2.05) is 0 Å². The van der Waals surface area contributed by atoms with Crippen LogP contribution in [-0.4, -0.2) is 23.5 Å². The molecule has 0 atom stereocenters. The summed E-state index contributed by atoms with van der Waals surface area (Å²) in [5.41, 5.74) is 6.47. The minimum Gasteiger partial charge on any atom is -0.389 e. The van der Waals surface area contributed by atoms with Crippen LogP contribution in [0.5, 0.6) is 0 Å². The van der Waals surface area contributed by atoms with Gasteiger partial charge in [0.05, 0.1) is 5.56 Å². The van der Waals surface area contributed by atoms with E-state index in [4.69, 9.17) is 18.0 Å². The van der Waals surface area contributed by atoms with Crippen molar-refractivity contribution in [3.8, 4) is 0 Å². The van der Waals surface area contributed by atoms with E-state index >= 15 is 0 Å². The predicted molar refractivity (Wildman–Crippen MR) is 73.8 cm³/mol. The second-order valence-electron chi connectivity index (χ2n) is 3.30. The fraction of sp³-hybridized carbons (Fsp3) is 0.364. The molecular formula is C11H15FN2S2. The lowest BCUT2D eigenvalue weighted by atomic mass is 10.1. The van der Waals surface area contributed by atoms with Crippen molar-refractivity contribution < 1.29 is 4.39 Å². The van der Waals surface area contributed by atoms with E-state index in [-0.39, 0.29) is 10.8 Å². The Bertz CT molecular complexity index is 369. The Morgan fingerprint density at radius 3 is 2.94 bits per heavy atom. The summed E-state index contributed by atoms with van der Waals surface area (Å²) in [7, 11) is 0. The topological polar surface area (TPSA) is 38.0 Å². The summed E-state index contributed by atoms with van der Waals surface area (Å²) >= 11 is 6.62. The fourth-order valence-corrected chi connectivity index (χ4v) is 2.00. The highest BCUT2D eigenvalue weighted by Crippen LogP contribution is 2.18. The first-order chi connectivity index (χ1) is 7.66. The number of rotatable bonds is 6. The number of thioether (sulfide) groups is 1. The van der Waals surface area contributed by atoms with Crippen LogP contribution >= 0.6 is 24.0 Å². The summed E-state index contributed by atoms with van der Waals surface area (Å²) in [6.07, 6.45) is 3.08. The highest BCUT2D eigenvalue weighted by molar-refractivity contribution is 7.98. The molecule has 0 saturated heterocycles. The zero-order chi connectivity index (χ0) is 12.0. The Morgan fingerprint density at radius 1 is 1.56 bits per heavy atom. The van der Waals surface area contributed by atoms with Crippen molar-refractivity contribution in [2.24, 2.45) is 5.73 Å². The lowest BCUT2D eigenvalue weighted by molar-refractivity contribution is 0.626. The van der Waals surface area contributed by atoms with Crippen LogP contribution in [0.25, 0.3) is 0 Å². The zero-order valence-electron chi connectivity index (χ0n) is 9.13. The first kappa shape index (κ1) is 13.3. The van der Waals surface area contributed by atoms with Gasteiger partial charge in [-0.2, -0.15) is 11.8 Å². The number of nitrogens with one attached hydrogen (secondary N) is 1. The molecular weight excluding hydrogens is 243 g/mol. The number of hydrogen-bond donors (Lipinski definition) is 2. The van der Waals surface area contributed by atoms with Crippen LogP contribution < -0.4 is 11.1 Å². The number of halogens is 1. The van der Waals surface area contributed by atoms with Crippen molar-refractivity contribution in [2.45, 2.75) is 6.42 Å². The zero-order valence-corrected chi connectivity index (χ0v) is 10.8. The third-order valence-electron chi connectivity index (χ3n) is 2.10. The summed E-state index contributed by atoms with van der Waals surface area (Å²) < 4.78 is 13.5. The number of nitrogens with two attached hydrogens (primary N) is 1. The van der Waals surface area contributed by atoms with Crippen LogP contribution in [0.4, 0.5) is 10.1 Å². The molecule has 0 heterocycles. The Hall–Kier alpha value is -0.810. The third-order valence-corrected chi connectivity index (χ3v) is 3.00. The molecule has 0 saturated carbocycles. The van der Waals surface area contributed by atoms with E-state index in [2.05, 4.69) is 11.6 Å². The second-order valence-corrected chi connectivity index (χ2v) is 4.73. The lowest BCUT2D eigenvalue weighted by Gasteiger charge is -2.11. The first-order valence-corrected chi connectivity index (χ1v) is 6.78. The molecule has 16 heavy (non-hydrogen) atoms. The summed E-state index contributed by atoms with van der Waals surface area (Å²) in [4.78, 5) is 0.0884. The normalized spacial score (nSPS) is 10.1. The van der Waals surface area contributed by atoms with Crippen molar-refractivity contribution in [1.29, 1.82) is 0 Å². The predicted octanol–water partition coefficient (Wildman–Crippen LogP) is 2.62. The lowest BCUT2D eigenvalue weighted by Crippen LogP contribution is -2.16. The van der Waals surface area contributed by atoms with Gasteiger partial charge < -0.3 is 11.1 Å².